The van der Waals surface area contributed by atoms with E-state index < -0.39 is 0 Å². The molecule has 0 heterocycles. The average Bonchev–Trinajstić information content (AvgIpc) is 2.52. The second kappa shape index (κ2) is 4.35. The lowest BCUT2D eigenvalue weighted by Gasteiger charge is -2.11. The van der Waals surface area contributed by atoms with Gasteiger partial charge in [-0.15, -0.1) is 0 Å². The zero-order chi connectivity index (χ0) is 8.10. The maximum absolute atomic E-state index is 5.56. The van der Waals surface area contributed by atoms with Crippen LogP contribution in [0.4, 0.5) is 0 Å². The first-order chi connectivity index (χ1) is 5.34. The molecule has 0 aliphatic heterocycles. The number of hydrogen-bond acceptors (Lipinski definition) is 1. The molecule has 0 N–H and O–H groups in total. The molecule has 1 nitrogen and oxygen atoms in total. The Kier molecular flexibility index (Phi) is 3.37. The lowest BCUT2D eigenvalue weighted by atomic mass is 10.2. The molecule has 0 amide bonds. The third-order valence-corrected chi connectivity index (χ3v) is 1.84. The van der Waals surface area contributed by atoms with E-state index in [1.165, 1.54) is 5.57 Å². The first-order valence-corrected chi connectivity index (χ1v) is 4.32. The molecule has 11 heavy (non-hydrogen) atoms. The average molecular weight is 152 g/mol. The van der Waals surface area contributed by atoms with E-state index >= 15 is 0 Å². The van der Waals surface area contributed by atoms with Crippen LogP contribution in [-0.2, 0) is 4.74 Å². The molecule has 0 saturated carbocycles. The highest BCUT2D eigenvalue weighted by molar-refractivity contribution is 5.28. The maximum Gasteiger partial charge on any atom is 0.0793 e. The molecule has 1 rings (SSSR count). The normalized spacial score (nSPS) is 18.5. The highest BCUT2D eigenvalue weighted by atomic mass is 16.5. The molecule has 0 fully saturated rings. The van der Waals surface area contributed by atoms with Crippen LogP contribution in [0.5, 0.6) is 0 Å². The lowest BCUT2D eigenvalue weighted by Crippen LogP contribution is -2.09. The van der Waals surface area contributed by atoms with E-state index in [1.54, 1.807) is 0 Å². The highest BCUT2D eigenvalue weighted by Gasteiger charge is 2.07. The summed E-state index contributed by atoms with van der Waals surface area (Å²) in [7, 11) is 0. The smallest absolute Gasteiger partial charge is 0.0793 e. The summed E-state index contributed by atoms with van der Waals surface area (Å²) < 4.78 is 5.56. The monoisotopic (exact) mass is 152 g/mol. The SMILES string of the molecule is CCCOC(C)C1=CCC=C1. The Bertz CT molecular complexity index is 168. The first-order valence-electron chi connectivity index (χ1n) is 4.32. The van der Waals surface area contributed by atoms with Gasteiger partial charge in [-0.2, -0.15) is 0 Å². The van der Waals surface area contributed by atoms with Crippen molar-refractivity contribution < 1.29 is 4.74 Å². The van der Waals surface area contributed by atoms with Gasteiger partial charge in [0.25, 0.3) is 0 Å². The van der Waals surface area contributed by atoms with Gasteiger partial charge in [0.05, 0.1) is 6.10 Å². The van der Waals surface area contributed by atoms with Crippen molar-refractivity contribution in [3.8, 4) is 0 Å². The van der Waals surface area contributed by atoms with Gasteiger partial charge in [0, 0.05) is 6.61 Å². The summed E-state index contributed by atoms with van der Waals surface area (Å²) in [6.07, 6.45) is 9.01. The number of allylic oxidation sites excluding steroid dienone is 2. The minimum absolute atomic E-state index is 0.286. The van der Waals surface area contributed by atoms with Gasteiger partial charge < -0.3 is 4.74 Å². The number of rotatable bonds is 4. The molecule has 62 valence electrons. The molecule has 0 spiro atoms. The zero-order valence-electron chi connectivity index (χ0n) is 7.34. The Morgan fingerprint density at radius 3 is 3.00 bits per heavy atom. The van der Waals surface area contributed by atoms with E-state index in [0.717, 1.165) is 19.4 Å². The first kappa shape index (κ1) is 8.54. The maximum atomic E-state index is 5.56. The molecular formula is C10H16O. The van der Waals surface area contributed by atoms with Crippen LogP contribution in [0.2, 0.25) is 0 Å². The second-order valence-electron chi connectivity index (χ2n) is 2.86. The molecule has 0 aromatic heterocycles. The van der Waals surface area contributed by atoms with Crippen molar-refractivity contribution in [2.45, 2.75) is 32.8 Å². The van der Waals surface area contributed by atoms with E-state index in [0.29, 0.717) is 0 Å². The summed E-state index contributed by atoms with van der Waals surface area (Å²) in [5, 5.41) is 0. The van der Waals surface area contributed by atoms with E-state index in [2.05, 4.69) is 32.1 Å². The van der Waals surface area contributed by atoms with E-state index in [-0.39, 0.29) is 6.10 Å². The lowest BCUT2D eigenvalue weighted by molar-refractivity contribution is 0.0927. The van der Waals surface area contributed by atoms with Crippen molar-refractivity contribution in [3.05, 3.63) is 23.8 Å². The van der Waals surface area contributed by atoms with Crippen LogP contribution in [-0.4, -0.2) is 12.7 Å². The third kappa shape index (κ3) is 2.51. The van der Waals surface area contributed by atoms with Gasteiger partial charge in [-0.25, -0.2) is 0 Å². The summed E-state index contributed by atoms with van der Waals surface area (Å²) in [5.41, 5.74) is 1.33. The van der Waals surface area contributed by atoms with Crippen LogP contribution in [0, 0.1) is 0 Å². The summed E-state index contributed by atoms with van der Waals surface area (Å²) in [4.78, 5) is 0. The van der Waals surface area contributed by atoms with Crippen LogP contribution >= 0.6 is 0 Å². The van der Waals surface area contributed by atoms with Crippen LogP contribution < -0.4 is 0 Å². The Morgan fingerprint density at radius 1 is 1.64 bits per heavy atom. The molecule has 0 aromatic rings. The fourth-order valence-electron chi connectivity index (χ4n) is 1.17. The van der Waals surface area contributed by atoms with Crippen molar-refractivity contribution in [2.24, 2.45) is 0 Å². The third-order valence-electron chi connectivity index (χ3n) is 1.84. The van der Waals surface area contributed by atoms with Gasteiger partial charge in [-0.05, 0) is 25.3 Å². The van der Waals surface area contributed by atoms with Crippen molar-refractivity contribution in [1.82, 2.24) is 0 Å². The summed E-state index contributed by atoms with van der Waals surface area (Å²) in [5.74, 6) is 0. The molecule has 1 aliphatic carbocycles. The molecule has 1 unspecified atom stereocenters. The fourth-order valence-corrected chi connectivity index (χ4v) is 1.17. The molecule has 1 heteroatoms. The number of ether oxygens (including phenoxy) is 1. The molecule has 0 bridgehead atoms. The predicted octanol–water partition coefficient (Wildman–Crippen LogP) is 2.69. The molecule has 0 saturated heterocycles. The van der Waals surface area contributed by atoms with Gasteiger partial charge in [-0.3, -0.25) is 0 Å². The Hall–Kier alpha value is -0.560. The van der Waals surface area contributed by atoms with Crippen LogP contribution in [0.25, 0.3) is 0 Å². The summed E-state index contributed by atoms with van der Waals surface area (Å²) in [6, 6.07) is 0. The Labute approximate surface area is 68.8 Å². The van der Waals surface area contributed by atoms with E-state index in [9.17, 15) is 0 Å². The summed E-state index contributed by atoms with van der Waals surface area (Å²) >= 11 is 0. The second-order valence-corrected chi connectivity index (χ2v) is 2.86. The Morgan fingerprint density at radius 2 is 2.45 bits per heavy atom. The van der Waals surface area contributed by atoms with Crippen LogP contribution in [0.15, 0.2) is 23.8 Å². The number of hydrogen-bond donors (Lipinski definition) is 0. The quantitative estimate of drug-likeness (QED) is 0.601. The molecule has 1 atom stereocenters. The minimum atomic E-state index is 0.286. The minimum Gasteiger partial charge on any atom is -0.374 e. The van der Waals surface area contributed by atoms with Crippen molar-refractivity contribution >= 4 is 0 Å². The standard InChI is InChI=1S/C10H16O/c1-3-8-11-9(2)10-6-4-5-7-10/h4,6-7,9H,3,5,8H2,1-2H3. The van der Waals surface area contributed by atoms with Gasteiger partial charge in [0.15, 0.2) is 0 Å². The van der Waals surface area contributed by atoms with Crippen molar-refractivity contribution in [1.29, 1.82) is 0 Å². The fraction of sp³-hybridized carbons (Fsp3) is 0.600. The molecular weight excluding hydrogens is 136 g/mol. The van der Waals surface area contributed by atoms with Crippen molar-refractivity contribution in [2.75, 3.05) is 6.61 Å². The Balaban J connectivity index is 2.29. The molecule has 0 aromatic carbocycles. The molecule has 0 radical (unpaired) electrons. The van der Waals surface area contributed by atoms with Gasteiger partial charge in [0.1, 0.15) is 0 Å². The van der Waals surface area contributed by atoms with E-state index in [4.69, 9.17) is 4.74 Å². The zero-order valence-corrected chi connectivity index (χ0v) is 7.34. The van der Waals surface area contributed by atoms with Gasteiger partial charge >= 0.3 is 0 Å². The predicted molar refractivity (Wildman–Crippen MR) is 47.5 cm³/mol. The van der Waals surface area contributed by atoms with Crippen molar-refractivity contribution in [3.63, 3.8) is 0 Å². The van der Waals surface area contributed by atoms with Gasteiger partial charge in [-0.1, -0.05) is 25.2 Å². The van der Waals surface area contributed by atoms with Crippen LogP contribution in [0.1, 0.15) is 26.7 Å². The molecule has 1 aliphatic rings. The largest absolute Gasteiger partial charge is 0.374 e. The topological polar surface area (TPSA) is 9.23 Å². The van der Waals surface area contributed by atoms with E-state index in [1.807, 2.05) is 0 Å². The summed E-state index contributed by atoms with van der Waals surface area (Å²) in [6.45, 7) is 5.11. The highest BCUT2D eigenvalue weighted by Crippen LogP contribution is 2.15. The van der Waals surface area contributed by atoms with Crippen LogP contribution in [0.3, 0.4) is 0 Å². The van der Waals surface area contributed by atoms with Gasteiger partial charge in [0.2, 0.25) is 0 Å².